The summed E-state index contributed by atoms with van der Waals surface area (Å²) in [6.07, 6.45) is 1.75. The van der Waals surface area contributed by atoms with Crippen LogP contribution < -0.4 is 14.8 Å². The van der Waals surface area contributed by atoms with Crippen LogP contribution in [0.5, 0.6) is 11.5 Å². The number of carbonyl (C=O) groups excluding carboxylic acids is 2. The van der Waals surface area contributed by atoms with Crippen LogP contribution in [0, 0.1) is 0 Å². The number of benzene rings is 1. The summed E-state index contributed by atoms with van der Waals surface area (Å²) in [6.45, 7) is 3.49. The number of ether oxygens (including phenoxy) is 2. The Balaban J connectivity index is 1.55. The molecule has 9 heteroatoms. The van der Waals surface area contributed by atoms with E-state index in [1.54, 1.807) is 32.1 Å². The summed E-state index contributed by atoms with van der Waals surface area (Å²) in [7, 11) is 5.05. The first-order valence-electron chi connectivity index (χ1n) is 9.84. The van der Waals surface area contributed by atoms with Gasteiger partial charge in [0.25, 0.3) is 0 Å². The number of aromatic nitrogens is 1. The van der Waals surface area contributed by atoms with Crippen LogP contribution in [-0.2, 0) is 9.59 Å². The quantitative estimate of drug-likeness (QED) is 0.724. The maximum absolute atomic E-state index is 12.5. The van der Waals surface area contributed by atoms with Gasteiger partial charge in [-0.15, -0.1) is 11.3 Å². The standard InChI is InChI=1S/C21H28N4O4S/c1-14(26)24(2)15-7-9-25(10-8-15)12-20(27)23-21-22-18(13-30-21)17-6-5-16(28-3)11-19(17)29-4/h5-6,11,13,15H,7-10,12H2,1-4H3,(H,22,23,27). The fraction of sp³-hybridized carbons (Fsp3) is 0.476. The number of hydrogen-bond donors (Lipinski definition) is 1. The second kappa shape index (κ2) is 9.90. The Kier molecular flexibility index (Phi) is 7.28. The molecule has 0 spiro atoms. The Bertz CT molecular complexity index is 893. The number of nitrogens with zero attached hydrogens (tertiary/aromatic N) is 3. The Morgan fingerprint density at radius 3 is 2.63 bits per heavy atom. The van der Waals surface area contributed by atoms with Crippen molar-refractivity contribution in [2.45, 2.75) is 25.8 Å². The smallest absolute Gasteiger partial charge is 0.240 e. The maximum atomic E-state index is 12.5. The fourth-order valence-electron chi connectivity index (χ4n) is 3.55. The number of methoxy groups -OCH3 is 2. The van der Waals surface area contributed by atoms with Crippen molar-refractivity contribution in [2.24, 2.45) is 0 Å². The lowest BCUT2D eigenvalue weighted by atomic mass is 10.0. The first-order chi connectivity index (χ1) is 14.4. The van der Waals surface area contributed by atoms with E-state index in [9.17, 15) is 9.59 Å². The van der Waals surface area contributed by atoms with E-state index in [-0.39, 0.29) is 17.9 Å². The van der Waals surface area contributed by atoms with Crippen LogP contribution in [0.4, 0.5) is 5.13 Å². The van der Waals surface area contributed by atoms with Gasteiger partial charge >= 0.3 is 0 Å². The minimum absolute atomic E-state index is 0.0826. The molecule has 1 N–H and O–H groups in total. The van der Waals surface area contributed by atoms with E-state index in [0.717, 1.165) is 37.2 Å². The van der Waals surface area contributed by atoms with Crippen molar-refractivity contribution < 1.29 is 19.1 Å². The molecule has 2 heterocycles. The number of hydrogen-bond acceptors (Lipinski definition) is 7. The molecular formula is C21H28N4O4S. The third-order valence-corrected chi connectivity index (χ3v) is 6.16. The zero-order valence-electron chi connectivity index (χ0n) is 17.8. The molecule has 1 aromatic carbocycles. The SMILES string of the molecule is COc1ccc(-c2csc(NC(=O)CN3CCC(N(C)C(C)=O)CC3)n2)c(OC)c1. The number of likely N-dealkylation sites (tertiary alicyclic amines) is 1. The van der Waals surface area contributed by atoms with Gasteiger partial charge in [-0.05, 0) is 25.0 Å². The van der Waals surface area contributed by atoms with Crippen LogP contribution in [0.3, 0.4) is 0 Å². The highest BCUT2D eigenvalue weighted by atomic mass is 32.1. The summed E-state index contributed by atoms with van der Waals surface area (Å²) in [5.74, 6) is 1.36. The Morgan fingerprint density at radius 1 is 1.27 bits per heavy atom. The average molecular weight is 433 g/mol. The van der Waals surface area contributed by atoms with Crippen molar-refractivity contribution >= 4 is 28.3 Å². The first kappa shape index (κ1) is 22.0. The van der Waals surface area contributed by atoms with E-state index in [1.807, 2.05) is 24.6 Å². The number of carbonyl (C=O) groups is 2. The van der Waals surface area contributed by atoms with Crippen LogP contribution in [-0.4, -0.2) is 73.5 Å². The molecule has 1 fully saturated rings. The maximum Gasteiger partial charge on any atom is 0.240 e. The number of amides is 2. The number of anilines is 1. The Hall–Kier alpha value is -2.65. The van der Waals surface area contributed by atoms with E-state index >= 15 is 0 Å². The minimum Gasteiger partial charge on any atom is -0.497 e. The average Bonchev–Trinajstić information content (AvgIpc) is 3.21. The van der Waals surface area contributed by atoms with Gasteiger partial charge in [-0.1, -0.05) is 0 Å². The van der Waals surface area contributed by atoms with E-state index in [1.165, 1.54) is 11.3 Å². The molecule has 1 aliphatic rings. The van der Waals surface area contributed by atoms with Crippen LogP contribution in [0.15, 0.2) is 23.6 Å². The van der Waals surface area contributed by atoms with Crippen molar-refractivity contribution in [3.05, 3.63) is 23.6 Å². The monoisotopic (exact) mass is 432 g/mol. The summed E-state index contributed by atoms with van der Waals surface area (Å²) >= 11 is 1.38. The molecule has 162 valence electrons. The van der Waals surface area contributed by atoms with E-state index < -0.39 is 0 Å². The molecule has 0 unspecified atom stereocenters. The highest BCUT2D eigenvalue weighted by Gasteiger charge is 2.25. The van der Waals surface area contributed by atoms with Crippen molar-refractivity contribution in [1.29, 1.82) is 0 Å². The summed E-state index contributed by atoms with van der Waals surface area (Å²) in [5.41, 5.74) is 1.58. The first-order valence-corrected chi connectivity index (χ1v) is 10.7. The number of nitrogens with one attached hydrogen (secondary N) is 1. The molecule has 2 amide bonds. The lowest BCUT2D eigenvalue weighted by Gasteiger charge is -2.35. The summed E-state index contributed by atoms with van der Waals surface area (Å²) in [6, 6.07) is 5.80. The Labute approximate surface area is 180 Å². The van der Waals surface area contributed by atoms with E-state index in [0.29, 0.717) is 23.2 Å². The summed E-state index contributed by atoms with van der Waals surface area (Å²) in [5, 5.41) is 5.33. The minimum atomic E-state index is -0.0871. The van der Waals surface area contributed by atoms with Gasteiger partial charge in [0.1, 0.15) is 11.5 Å². The molecule has 0 bridgehead atoms. The lowest BCUT2D eigenvalue weighted by Crippen LogP contribution is -2.46. The molecule has 3 rings (SSSR count). The van der Waals surface area contributed by atoms with Gasteiger partial charge in [0.2, 0.25) is 11.8 Å². The van der Waals surface area contributed by atoms with Crippen molar-refractivity contribution in [3.8, 4) is 22.8 Å². The zero-order valence-corrected chi connectivity index (χ0v) is 18.6. The Morgan fingerprint density at radius 2 is 2.00 bits per heavy atom. The number of piperidine rings is 1. The molecule has 0 radical (unpaired) electrons. The van der Waals surface area contributed by atoms with Gasteiger partial charge < -0.3 is 19.7 Å². The van der Waals surface area contributed by atoms with Gasteiger partial charge in [0.15, 0.2) is 5.13 Å². The fourth-order valence-corrected chi connectivity index (χ4v) is 4.28. The highest BCUT2D eigenvalue weighted by Crippen LogP contribution is 2.34. The predicted molar refractivity (Wildman–Crippen MR) is 117 cm³/mol. The highest BCUT2D eigenvalue weighted by molar-refractivity contribution is 7.14. The second-order valence-electron chi connectivity index (χ2n) is 7.29. The predicted octanol–water partition coefficient (Wildman–Crippen LogP) is 2.71. The van der Waals surface area contributed by atoms with Crippen LogP contribution in [0.25, 0.3) is 11.3 Å². The molecule has 0 atom stereocenters. The largest absolute Gasteiger partial charge is 0.497 e. The van der Waals surface area contributed by atoms with E-state index in [4.69, 9.17) is 9.47 Å². The molecule has 1 aromatic heterocycles. The number of rotatable bonds is 7. The van der Waals surface area contributed by atoms with Crippen molar-refractivity contribution in [3.63, 3.8) is 0 Å². The van der Waals surface area contributed by atoms with Crippen LogP contribution in [0.1, 0.15) is 19.8 Å². The van der Waals surface area contributed by atoms with Gasteiger partial charge in [-0.25, -0.2) is 4.98 Å². The molecule has 8 nitrogen and oxygen atoms in total. The molecule has 30 heavy (non-hydrogen) atoms. The molecular weight excluding hydrogens is 404 g/mol. The zero-order chi connectivity index (χ0) is 21.7. The second-order valence-corrected chi connectivity index (χ2v) is 8.15. The number of thiazole rings is 1. The normalized spacial score (nSPS) is 14.9. The molecule has 1 saturated heterocycles. The van der Waals surface area contributed by atoms with Gasteiger partial charge in [-0.2, -0.15) is 0 Å². The van der Waals surface area contributed by atoms with Crippen LogP contribution in [0.2, 0.25) is 0 Å². The van der Waals surface area contributed by atoms with Crippen molar-refractivity contribution in [2.75, 3.05) is 46.2 Å². The third-order valence-electron chi connectivity index (χ3n) is 5.40. The molecule has 0 aliphatic carbocycles. The van der Waals surface area contributed by atoms with Gasteiger partial charge in [0, 0.05) is 50.1 Å². The van der Waals surface area contributed by atoms with Gasteiger partial charge in [-0.3, -0.25) is 14.5 Å². The van der Waals surface area contributed by atoms with Crippen molar-refractivity contribution in [1.82, 2.24) is 14.8 Å². The third kappa shape index (κ3) is 5.28. The molecule has 2 aromatic rings. The van der Waals surface area contributed by atoms with E-state index in [2.05, 4.69) is 15.2 Å². The summed E-state index contributed by atoms with van der Waals surface area (Å²) < 4.78 is 10.7. The topological polar surface area (TPSA) is 84.0 Å². The van der Waals surface area contributed by atoms with Gasteiger partial charge in [0.05, 0.1) is 26.5 Å². The molecule has 1 aliphatic heterocycles. The van der Waals surface area contributed by atoms with Crippen LogP contribution >= 0.6 is 11.3 Å². The summed E-state index contributed by atoms with van der Waals surface area (Å²) in [4.78, 5) is 32.4. The lowest BCUT2D eigenvalue weighted by molar-refractivity contribution is -0.130. The molecule has 0 saturated carbocycles.